The molecular weight excluding hydrogens is 613 g/mol. The van der Waals surface area contributed by atoms with Gasteiger partial charge in [-0.2, -0.15) is 0 Å². The molecule has 0 bridgehead atoms. The maximum atomic E-state index is 12.6. The molecule has 11 nitrogen and oxygen atoms in total. The first kappa shape index (κ1) is 29.9. The van der Waals surface area contributed by atoms with E-state index in [0.29, 0.717) is 17.3 Å². The van der Waals surface area contributed by atoms with Gasteiger partial charge < -0.3 is 19.9 Å². The van der Waals surface area contributed by atoms with Crippen LogP contribution >= 0.6 is 11.3 Å². The zero-order valence-electron chi connectivity index (χ0n) is 25.7. The normalized spacial score (nSPS) is 13.0. The third kappa shape index (κ3) is 6.77. The van der Waals surface area contributed by atoms with E-state index in [2.05, 4.69) is 32.7 Å². The summed E-state index contributed by atoms with van der Waals surface area (Å²) in [6, 6.07) is 27.1. The van der Waals surface area contributed by atoms with Crippen molar-refractivity contribution in [3.63, 3.8) is 0 Å². The molecule has 0 radical (unpaired) electrons. The molecule has 12 heteroatoms. The minimum atomic E-state index is -0.535. The van der Waals surface area contributed by atoms with Crippen LogP contribution in [0.25, 0.3) is 27.6 Å². The fourth-order valence-corrected chi connectivity index (χ4v) is 6.28. The van der Waals surface area contributed by atoms with E-state index in [4.69, 9.17) is 14.7 Å². The van der Waals surface area contributed by atoms with Gasteiger partial charge in [-0.3, -0.25) is 14.5 Å². The number of nitrogens with zero attached hydrogens (tertiary/aromatic N) is 6. The predicted octanol–water partition coefficient (Wildman–Crippen LogP) is 6.68. The van der Waals surface area contributed by atoms with Crippen molar-refractivity contribution < 1.29 is 14.3 Å². The number of amides is 2. The maximum Gasteiger partial charge on any atom is 0.411 e. The molecule has 1 aliphatic rings. The smallest absolute Gasteiger partial charge is 0.411 e. The SMILES string of the molecule is CC(=O)N1CCN(c2ccc(Nc3nccc(-c4c(-c5cccc(NC(=O)OCc6ccccc6)c5)nc5sccn45)n3)cc2)CC1. The first-order chi connectivity index (χ1) is 23.0. The lowest BCUT2D eigenvalue weighted by molar-refractivity contribution is -0.129. The Labute approximate surface area is 275 Å². The number of ether oxygens (including phenoxy) is 1. The molecule has 3 aromatic carbocycles. The van der Waals surface area contributed by atoms with Gasteiger partial charge in [0.15, 0.2) is 4.96 Å². The van der Waals surface area contributed by atoms with Crippen molar-refractivity contribution in [3.8, 4) is 22.6 Å². The summed E-state index contributed by atoms with van der Waals surface area (Å²) >= 11 is 1.53. The highest BCUT2D eigenvalue weighted by Gasteiger charge is 2.20. The summed E-state index contributed by atoms with van der Waals surface area (Å²) in [5.41, 5.74) is 6.55. The van der Waals surface area contributed by atoms with Crippen LogP contribution in [-0.2, 0) is 16.1 Å². The number of carbonyl (C=O) groups excluding carboxylic acids is 2. The number of piperazine rings is 1. The van der Waals surface area contributed by atoms with Crippen molar-refractivity contribution in [3.05, 3.63) is 108 Å². The van der Waals surface area contributed by atoms with E-state index in [0.717, 1.165) is 65.0 Å². The van der Waals surface area contributed by atoms with Crippen LogP contribution in [0, 0.1) is 0 Å². The van der Waals surface area contributed by atoms with Crippen LogP contribution in [0.1, 0.15) is 12.5 Å². The molecule has 0 spiro atoms. The van der Waals surface area contributed by atoms with Crippen molar-refractivity contribution in [1.29, 1.82) is 0 Å². The zero-order valence-corrected chi connectivity index (χ0v) is 26.5. The number of rotatable bonds is 8. The number of thiazole rings is 1. The molecule has 2 amide bonds. The van der Waals surface area contributed by atoms with Crippen molar-refractivity contribution >= 4 is 51.3 Å². The number of aromatic nitrogens is 4. The van der Waals surface area contributed by atoms with Crippen molar-refractivity contribution in [2.75, 3.05) is 41.7 Å². The number of hydrogen-bond acceptors (Lipinski definition) is 9. The number of benzene rings is 3. The van der Waals surface area contributed by atoms with Crippen molar-refractivity contribution in [1.82, 2.24) is 24.3 Å². The van der Waals surface area contributed by atoms with E-state index < -0.39 is 6.09 Å². The highest BCUT2D eigenvalue weighted by atomic mass is 32.1. The predicted molar refractivity (Wildman–Crippen MR) is 184 cm³/mol. The van der Waals surface area contributed by atoms with Gasteiger partial charge in [0.2, 0.25) is 11.9 Å². The summed E-state index contributed by atoms with van der Waals surface area (Å²) in [6.45, 7) is 4.87. The standard InChI is InChI=1S/C35H32N8O3S/c1-24(44)41-16-18-42(19-17-41)29-12-10-27(11-13-29)37-33-36-15-14-30(39-33)32-31(40-34-43(32)20-21-47-34)26-8-5-9-28(22-26)38-35(45)46-23-25-6-3-2-4-7-25/h2-15,20-22H,16-19,23H2,1H3,(H,38,45)(H,36,37,39). The lowest BCUT2D eigenvalue weighted by Crippen LogP contribution is -2.48. The topological polar surface area (TPSA) is 117 Å². The fourth-order valence-electron chi connectivity index (χ4n) is 5.57. The molecule has 0 saturated carbocycles. The van der Waals surface area contributed by atoms with Crippen LogP contribution in [0.3, 0.4) is 0 Å². The van der Waals surface area contributed by atoms with Crippen LogP contribution in [0.2, 0.25) is 0 Å². The molecule has 0 aliphatic carbocycles. The molecule has 7 rings (SSSR count). The monoisotopic (exact) mass is 644 g/mol. The van der Waals surface area contributed by atoms with Crippen LogP contribution < -0.4 is 15.5 Å². The molecule has 2 N–H and O–H groups in total. The fraction of sp³-hybridized carbons (Fsp3) is 0.171. The highest BCUT2D eigenvalue weighted by molar-refractivity contribution is 7.15. The molecule has 4 heterocycles. The molecule has 6 aromatic rings. The van der Waals surface area contributed by atoms with E-state index in [1.807, 2.05) is 93.7 Å². The number of imidazole rings is 1. The van der Waals surface area contributed by atoms with Gasteiger partial charge >= 0.3 is 6.09 Å². The number of carbonyl (C=O) groups is 2. The van der Waals surface area contributed by atoms with E-state index in [9.17, 15) is 9.59 Å². The van der Waals surface area contributed by atoms with Crippen LogP contribution in [0.5, 0.6) is 0 Å². The summed E-state index contributed by atoms with van der Waals surface area (Å²) < 4.78 is 7.42. The number of anilines is 4. The maximum absolute atomic E-state index is 12.6. The Kier molecular flexibility index (Phi) is 8.48. The van der Waals surface area contributed by atoms with Gasteiger partial charge in [0.25, 0.3) is 0 Å². The van der Waals surface area contributed by atoms with Gasteiger partial charge in [0.1, 0.15) is 12.3 Å². The molecular formula is C35H32N8O3S. The third-order valence-corrected chi connectivity index (χ3v) is 8.73. The Morgan fingerprint density at radius 3 is 2.49 bits per heavy atom. The molecule has 1 aliphatic heterocycles. The van der Waals surface area contributed by atoms with Gasteiger partial charge in [-0.15, -0.1) is 11.3 Å². The number of hydrogen-bond donors (Lipinski definition) is 2. The molecule has 1 fully saturated rings. The van der Waals surface area contributed by atoms with Gasteiger partial charge in [-0.25, -0.2) is 19.7 Å². The van der Waals surface area contributed by atoms with E-state index >= 15 is 0 Å². The Hall–Kier alpha value is -5.75. The Morgan fingerprint density at radius 2 is 1.70 bits per heavy atom. The summed E-state index contributed by atoms with van der Waals surface area (Å²) in [6.07, 6.45) is 3.16. The summed E-state index contributed by atoms with van der Waals surface area (Å²) in [5, 5.41) is 8.15. The van der Waals surface area contributed by atoms with Crippen molar-refractivity contribution in [2.24, 2.45) is 0 Å². The quantitative estimate of drug-likeness (QED) is 0.189. The zero-order chi connectivity index (χ0) is 32.2. The van der Waals surface area contributed by atoms with Crippen LogP contribution in [-0.4, -0.2) is 62.4 Å². The first-order valence-corrected chi connectivity index (χ1v) is 16.1. The third-order valence-electron chi connectivity index (χ3n) is 7.97. The number of nitrogens with one attached hydrogen (secondary N) is 2. The Morgan fingerprint density at radius 1 is 0.894 bits per heavy atom. The van der Waals surface area contributed by atoms with Gasteiger partial charge in [0, 0.05) is 73.5 Å². The highest BCUT2D eigenvalue weighted by Crippen LogP contribution is 2.35. The largest absolute Gasteiger partial charge is 0.444 e. The average Bonchev–Trinajstić information content (AvgIpc) is 3.71. The van der Waals surface area contributed by atoms with Gasteiger partial charge in [0.05, 0.1) is 11.4 Å². The average molecular weight is 645 g/mol. The minimum Gasteiger partial charge on any atom is -0.444 e. The van der Waals surface area contributed by atoms with E-state index in [-0.39, 0.29) is 12.5 Å². The van der Waals surface area contributed by atoms with Gasteiger partial charge in [-0.1, -0.05) is 42.5 Å². The minimum absolute atomic E-state index is 0.122. The molecule has 0 atom stereocenters. The summed E-state index contributed by atoms with van der Waals surface area (Å²) in [5.74, 6) is 0.578. The molecule has 3 aromatic heterocycles. The Balaban J connectivity index is 1.08. The second kappa shape index (κ2) is 13.3. The molecule has 236 valence electrons. The molecule has 47 heavy (non-hydrogen) atoms. The lowest BCUT2D eigenvalue weighted by Gasteiger charge is -2.35. The van der Waals surface area contributed by atoms with Crippen LogP contribution in [0.15, 0.2) is 103 Å². The lowest BCUT2D eigenvalue weighted by atomic mass is 10.1. The van der Waals surface area contributed by atoms with Crippen LogP contribution in [0.4, 0.5) is 27.8 Å². The van der Waals surface area contributed by atoms with Crippen molar-refractivity contribution in [2.45, 2.75) is 13.5 Å². The summed E-state index contributed by atoms with van der Waals surface area (Å²) in [7, 11) is 0. The second-order valence-corrected chi connectivity index (χ2v) is 11.9. The molecule has 1 saturated heterocycles. The second-order valence-electron chi connectivity index (χ2n) is 11.1. The number of fused-ring (bicyclic) bond motifs is 1. The molecule has 0 unspecified atom stereocenters. The Bertz CT molecular complexity index is 2020. The van der Waals surface area contributed by atoms with E-state index in [1.54, 1.807) is 13.1 Å². The van der Waals surface area contributed by atoms with Gasteiger partial charge in [-0.05, 0) is 48.0 Å². The first-order valence-electron chi connectivity index (χ1n) is 15.2. The van der Waals surface area contributed by atoms with E-state index in [1.165, 1.54) is 11.3 Å². The summed E-state index contributed by atoms with van der Waals surface area (Å²) in [4.78, 5) is 43.5.